The molecule has 0 aliphatic rings. The Morgan fingerprint density at radius 2 is 0.678 bits per heavy atom. The quantitative estimate of drug-likeness (QED) is 0.0120. The van der Waals surface area contributed by atoms with Crippen molar-refractivity contribution in [1.82, 2.24) is 0 Å². The van der Waals surface area contributed by atoms with Gasteiger partial charge in [0.25, 0.3) is 0 Å². The van der Waals surface area contributed by atoms with E-state index in [0.29, 0.717) is 0 Å². The molecule has 0 unspecified atom stereocenters. The van der Waals surface area contributed by atoms with Gasteiger partial charge in [0.2, 0.25) is 0 Å². The number of nitrogens with zero attached hydrogens (tertiary/aromatic N) is 2. The van der Waals surface area contributed by atoms with Crippen LogP contribution in [0.3, 0.4) is 0 Å². The van der Waals surface area contributed by atoms with Crippen LogP contribution in [0.2, 0.25) is 18.1 Å². The van der Waals surface area contributed by atoms with Gasteiger partial charge in [-0.25, -0.2) is 0 Å². The second kappa shape index (κ2) is 71.3. The van der Waals surface area contributed by atoms with E-state index in [4.69, 9.17) is 0 Å². The Labute approximate surface area is 577 Å². The molecule has 524 valence electrons. The topological polar surface area (TPSA) is 36.4 Å². The van der Waals surface area contributed by atoms with E-state index in [2.05, 4.69) is 128 Å². The molecule has 2 aromatic rings. The van der Waals surface area contributed by atoms with Gasteiger partial charge in [-0.15, -0.1) is 4.79 Å². The van der Waals surface area contributed by atoms with Crippen molar-refractivity contribution in [3.05, 3.63) is 101 Å². The van der Waals surface area contributed by atoms with Gasteiger partial charge in [-0.05, 0) is 72.4 Å². The number of rotatable bonds is 62. The zero-order valence-electron chi connectivity index (χ0n) is 62.2. The Morgan fingerprint density at radius 3 is 1.00 bits per heavy atom. The number of hydrogen-bond acceptors (Lipinski definition) is 0. The minimum absolute atomic E-state index is 0. The molecule has 2 rings (SSSR count). The molecule has 0 fully saturated rings. The summed E-state index contributed by atoms with van der Waals surface area (Å²) in [5, 5.41) is 0. The summed E-state index contributed by atoms with van der Waals surface area (Å²) in [5.41, 5.74) is 18.8. The van der Waals surface area contributed by atoms with Crippen molar-refractivity contribution in [1.29, 1.82) is 0 Å². The number of aryl methyl sites for hydroxylation is 1. The summed E-state index contributed by atoms with van der Waals surface area (Å²) in [7, 11) is -1.25. The van der Waals surface area contributed by atoms with Crippen LogP contribution in [0, 0.1) is 13.8 Å². The monoisotopic (exact) mass is 1300 g/mol. The summed E-state index contributed by atoms with van der Waals surface area (Å²) in [4.78, 5) is 3.47. The van der Waals surface area contributed by atoms with E-state index in [-0.39, 0.29) is 16.5 Å². The molecule has 0 saturated carbocycles. The van der Waals surface area contributed by atoms with E-state index in [9.17, 15) is 5.53 Å². The standard InChI is InChI=1S/C40H62N2Si.2C23H47.Ni/c1-7-13-16-17-18-20-22-34-23-21-25-37(31-34)40(39(26-15-9-3)38(32-42-41)24-19-14-8-2)36-29-27-35(28-30-36)33-43(10-4,11-5)12-6;2*1-3-5-7-9-11-13-15-17-19-21-23-22-20-18-16-14-12-10-8-6-4-2;/h21,23,25,27-31H,7-20,22,24,26,33H2,1-6H3;2*1,3-23H2,2H3;/q;2*-1;+2. The Kier molecular flexibility index (Phi) is 71.4. The molecule has 0 spiro atoms. The molecule has 0 amide bonds. The fourth-order valence-corrected chi connectivity index (χ4v) is 16.7. The van der Waals surface area contributed by atoms with Crippen LogP contribution in [0.15, 0.2) is 59.7 Å². The summed E-state index contributed by atoms with van der Waals surface area (Å²) < 4.78 is 0. The van der Waals surface area contributed by atoms with Crippen LogP contribution in [-0.2, 0) is 29.0 Å². The predicted molar refractivity (Wildman–Crippen MR) is 409 cm³/mol. The van der Waals surface area contributed by atoms with Gasteiger partial charge in [0, 0.05) is 0 Å². The van der Waals surface area contributed by atoms with E-state index >= 15 is 0 Å². The van der Waals surface area contributed by atoms with Gasteiger partial charge >= 0.3 is 22.4 Å². The first-order valence-electron chi connectivity index (χ1n) is 40.3. The Hall–Kier alpha value is -1.95. The summed E-state index contributed by atoms with van der Waals surface area (Å²) in [5.74, 6) is 3.05. The smallest absolute Gasteiger partial charge is 0.348 e. The third-order valence-electron chi connectivity index (χ3n) is 20.0. The van der Waals surface area contributed by atoms with Gasteiger partial charge in [-0.1, -0.05) is 436 Å². The SMILES string of the molecule is CCCCCCCCc1cccc(C(=C(CCCC)C(=C=[N+]=[N-])CCCCC)c2ccc(C[Si](CC)(CC)CC)cc2)c1.[CH2-]CCCCCCCCCCCCCCCCCCCCCC.[CH2-]CCCCCCCCCCCCCCCCCCCCCC.[Ni+2]. The van der Waals surface area contributed by atoms with E-state index in [0.717, 1.165) is 56.9 Å². The van der Waals surface area contributed by atoms with Crippen LogP contribution in [0.5, 0.6) is 0 Å². The van der Waals surface area contributed by atoms with Crippen LogP contribution in [0.1, 0.15) is 431 Å². The van der Waals surface area contributed by atoms with Crippen molar-refractivity contribution < 1.29 is 21.3 Å². The van der Waals surface area contributed by atoms with E-state index in [1.54, 1.807) is 0 Å². The normalized spacial score (nSPS) is 11.5. The van der Waals surface area contributed by atoms with Crippen LogP contribution >= 0.6 is 0 Å². The van der Waals surface area contributed by atoms with E-state index < -0.39 is 8.07 Å². The maximum absolute atomic E-state index is 9.70. The molecule has 0 N–H and O–H groups in total. The zero-order chi connectivity index (χ0) is 65.0. The minimum Gasteiger partial charge on any atom is -0.348 e. The molecule has 0 saturated heterocycles. The molecular formula is C86H156N2NiSi. The van der Waals surface area contributed by atoms with Crippen molar-refractivity contribution in [3.63, 3.8) is 0 Å². The van der Waals surface area contributed by atoms with Gasteiger partial charge < -0.3 is 19.4 Å². The molecule has 0 aliphatic heterocycles. The third-order valence-corrected chi connectivity index (χ3v) is 25.6. The first-order valence-corrected chi connectivity index (χ1v) is 43.1. The molecule has 4 heteroatoms. The second-order valence-corrected chi connectivity index (χ2v) is 33.4. The van der Waals surface area contributed by atoms with Crippen molar-refractivity contribution in [2.45, 2.75) is 439 Å². The Morgan fingerprint density at radius 1 is 0.356 bits per heavy atom. The first kappa shape index (κ1) is 90.1. The summed E-state index contributed by atoms with van der Waals surface area (Å²) in [6.45, 7) is 26.4. The minimum atomic E-state index is -1.25. The van der Waals surface area contributed by atoms with E-state index in [1.165, 1.54) is 366 Å². The maximum Gasteiger partial charge on any atom is 2.00 e. The zero-order valence-corrected chi connectivity index (χ0v) is 64.2. The number of benzene rings is 2. The van der Waals surface area contributed by atoms with Crippen LogP contribution in [0.25, 0.3) is 11.1 Å². The van der Waals surface area contributed by atoms with Crippen LogP contribution in [0.4, 0.5) is 0 Å². The Balaban J connectivity index is 0. The number of unbranched alkanes of at least 4 members (excludes halogenated alkanes) is 48. The largest absolute Gasteiger partial charge is 2.00 e. The molecular weight excluding hydrogens is 1150 g/mol. The molecule has 90 heavy (non-hydrogen) atoms. The van der Waals surface area contributed by atoms with Crippen LogP contribution < -0.4 is 0 Å². The van der Waals surface area contributed by atoms with Crippen molar-refractivity contribution >= 4 is 19.5 Å². The molecule has 2 nitrogen and oxygen atoms in total. The molecule has 2 aromatic carbocycles. The average Bonchev–Trinajstić information content (AvgIpc) is 1.00. The fraction of sp³-hybridized carbons (Fsp3) is 0.791. The Bertz CT molecular complexity index is 1790. The third kappa shape index (κ3) is 53.3. The molecule has 0 heterocycles. The number of hydrogen-bond donors (Lipinski definition) is 0. The molecule has 0 radical (unpaired) electrons. The van der Waals surface area contributed by atoms with Gasteiger partial charge in [0.1, 0.15) is 0 Å². The predicted octanol–water partition coefficient (Wildman–Crippen LogP) is 30.6. The number of allylic oxidation sites excluding steroid dienone is 2. The molecule has 0 atom stereocenters. The fourth-order valence-electron chi connectivity index (χ4n) is 13.4. The van der Waals surface area contributed by atoms with Crippen LogP contribution in [-0.4, -0.2) is 18.7 Å². The van der Waals surface area contributed by atoms with Gasteiger partial charge in [0.05, 0.1) is 13.6 Å². The molecule has 0 aromatic heterocycles. The molecule has 0 aliphatic carbocycles. The second-order valence-electron chi connectivity index (χ2n) is 27.9. The van der Waals surface area contributed by atoms with E-state index in [1.807, 2.05) is 0 Å². The summed E-state index contributed by atoms with van der Waals surface area (Å²) >= 11 is 0. The average molecular weight is 1300 g/mol. The summed E-state index contributed by atoms with van der Waals surface area (Å²) in [6.07, 6.45) is 77.2. The summed E-state index contributed by atoms with van der Waals surface area (Å²) in [6, 6.07) is 24.2. The first-order chi connectivity index (χ1) is 43.8. The van der Waals surface area contributed by atoms with Gasteiger partial charge in [-0.3, -0.25) is 0 Å². The van der Waals surface area contributed by atoms with Crippen molar-refractivity contribution in [2.75, 3.05) is 0 Å². The van der Waals surface area contributed by atoms with Crippen molar-refractivity contribution in [3.8, 4) is 0 Å². The van der Waals surface area contributed by atoms with Gasteiger partial charge in [-0.2, -0.15) is 12.8 Å². The van der Waals surface area contributed by atoms with Crippen molar-refractivity contribution in [2.24, 2.45) is 0 Å². The maximum atomic E-state index is 9.70. The van der Waals surface area contributed by atoms with Gasteiger partial charge in [0.15, 0.2) is 0 Å². The molecule has 0 bridgehead atoms.